The fraction of sp³-hybridized carbons (Fsp3) is 0.560. The first-order valence-corrected chi connectivity index (χ1v) is 12.4. The molecule has 0 saturated carbocycles. The molecule has 206 valence electrons. The molecule has 0 aliphatic heterocycles. The molecule has 8 N–H and O–H groups in total. The summed E-state index contributed by atoms with van der Waals surface area (Å²) in [5, 5.41) is 16.5. The van der Waals surface area contributed by atoms with E-state index in [1.54, 1.807) is 30.3 Å². The van der Waals surface area contributed by atoms with E-state index in [-0.39, 0.29) is 12.8 Å². The molecule has 0 bridgehead atoms. The maximum absolute atomic E-state index is 13.0. The van der Waals surface area contributed by atoms with Gasteiger partial charge in [0.25, 0.3) is 0 Å². The van der Waals surface area contributed by atoms with Gasteiger partial charge in [0, 0.05) is 12.8 Å². The number of amides is 4. The number of nitrogens with two attached hydrogens (primary N) is 2. The Hall–Kier alpha value is -3.51. The van der Waals surface area contributed by atoms with Crippen molar-refractivity contribution in [3.8, 4) is 0 Å². The molecular formula is C25H39N5O7. The first kappa shape index (κ1) is 31.5. The van der Waals surface area contributed by atoms with Crippen molar-refractivity contribution in [2.24, 2.45) is 11.5 Å². The van der Waals surface area contributed by atoms with Crippen LogP contribution in [0.5, 0.6) is 0 Å². The second-order valence-electron chi connectivity index (χ2n) is 8.57. The van der Waals surface area contributed by atoms with Crippen molar-refractivity contribution in [1.29, 1.82) is 0 Å². The van der Waals surface area contributed by atoms with Gasteiger partial charge in [-0.15, -0.1) is 0 Å². The van der Waals surface area contributed by atoms with E-state index in [9.17, 15) is 29.1 Å². The van der Waals surface area contributed by atoms with Crippen LogP contribution in [0.4, 0.5) is 0 Å². The highest BCUT2D eigenvalue weighted by Crippen LogP contribution is 2.07. The van der Waals surface area contributed by atoms with E-state index in [2.05, 4.69) is 22.9 Å². The number of unbranched alkanes of at least 4 members (excludes halogenated alkanes) is 4. The number of nitrogens with one attached hydrogen (secondary N) is 3. The summed E-state index contributed by atoms with van der Waals surface area (Å²) in [6.45, 7) is 0.384. The highest BCUT2D eigenvalue weighted by Gasteiger charge is 2.30. The van der Waals surface area contributed by atoms with Gasteiger partial charge in [0.15, 0.2) is 0 Å². The van der Waals surface area contributed by atoms with Crippen molar-refractivity contribution < 1.29 is 33.8 Å². The summed E-state index contributed by atoms with van der Waals surface area (Å²) in [4.78, 5) is 61.4. The van der Waals surface area contributed by atoms with E-state index in [0.29, 0.717) is 6.42 Å². The Morgan fingerprint density at radius 3 is 2.11 bits per heavy atom. The summed E-state index contributed by atoms with van der Waals surface area (Å²) in [5.41, 5.74) is 11.4. The van der Waals surface area contributed by atoms with Gasteiger partial charge in [-0.1, -0.05) is 62.9 Å². The first-order chi connectivity index (χ1) is 17.7. The average molecular weight is 522 g/mol. The Morgan fingerprint density at radius 1 is 0.892 bits per heavy atom. The van der Waals surface area contributed by atoms with Crippen LogP contribution in [-0.4, -0.2) is 72.6 Å². The summed E-state index contributed by atoms with van der Waals surface area (Å²) in [6, 6.07) is 4.94. The molecule has 1 aromatic rings. The molecule has 0 spiro atoms. The molecule has 1 rings (SSSR count). The molecule has 0 radical (unpaired) electrons. The second kappa shape index (κ2) is 17.8. The molecule has 0 heterocycles. The standard InChI is InChI=1S/C25H39N5O7/c1-2-3-4-5-9-12-22(33)37-16-20(30-24(35)19(15-31)28-21(32)14-26)25(36)29-18(23(27)34)13-17-10-7-6-8-11-17/h6-8,10-11,18-20,31H,2-5,9,12-16,26H2,1H3,(H2,27,34)(H,28,32)(H,29,36)(H,30,35)/t18-,19-,20?/m0/s1. The molecule has 1 unspecified atom stereocenters. The highest BCUT2D eigenvalue weighted by atomic mass is 16.5. The summed E-state index contributed by atoms with van der Waals surface area (Å²) >= 11 is 0. The second-order valence-corrected chi connectivity index (χ2v) is 8.57. The lowest BCUT2D eigenvalue weighted by Gasteiger charge is -2.24. The van der Waals surface area contributed by atoms with E-state index in [1.165, 1.54) is 0 Å². The maximum Gasteiger partial charge on any atom is 0.305 e. The summed E-state index contributed by atoms with van der Waals surface area (Å²) < 4.78 is 5.21. The van der Waals surface area contributed by atoms with E-state index < -0.39 is 67.5 Å². The molecule has 0 fully saturated rings. The maximum atomic E-state index is 13.0. The van der Waals surface area contributed by atoms with E-state index in [0.717, 1.165) is 31.2 Å². The fourth-order valence-electron chi connectivity index (χ4n) is 3.37. The number of rotatable bonds is 18. The molecule has 1 aromatic carbocycles. The van der Waals surface area contributed by atoms with Gasteiger partial charge in [-0.05, 0) is 12.0 Å². The van der Waals surface area contributed by atoms with Crippen LogP contribution in [0.3, 0.4) is 0 Å². The van der Waals surface area contributed by atoms with Gasteiger partial charge in [0.2, 0.25) is 23.6 Å². The van der Waals surface area contributed by atoms with E-state index in [4.69, 9.17) is 16.2 Å². The summed E-state index contributed by atoms with van der Waals surface area (Å²) in [6.07, 6.45) is 4.88. The predicted octanol–water partition coefficient (Wildman–Crippen LogP) is -0.976. The van der Waals surface area contributed by atoms with Crippen molar-refractivity contribution in [3.63, 3.8) is 0 Å². The minimum atomic E-state index is -1.42. The number of carbonyl (C=O) groups is 5. The first-order valence-electron chi connectivity index (χ1n) is 12.4. The summed E-state index contributed by atoms with van der Waals surface area (Å²) in [5.74, 6) is -3.77. The number of hydrogen-bond acceptors (Lipinski definition) is 8. The predicted molar refractivity (Wildman–Crippen MR) is 136 cm³/mol. The monoisotopic (exact) mass is 521 g/mol. The number of carbonyl (C=O) groups excluding carboxylic acids is 5. The van der Waals surface area contributed by atoms with Gasteiger partial charge in [-0.25, -0.2) is 0 Å². The average Bonchev–Trinajstić information content (AvgIpc) is 2.89. The summed E-state index contributed by atoms with van der Waals surface area (Å²) in [7, 11) is 0. The Morgan fingerprint density at radius 2 is 1.51 bits per heavy atom. The van der Waals surface area contributed by atoms with Gasteiger partial charge < -0.3 is 37.3 Å². The molecular weight excluding hydrogens is 482 g/mol. The molecule has 12 nitrogen and oxygen atoms in total. The van der Waals surface area contributed by atoms with Crippen LogP contribution in [0.15, 0.2) is 30.3 Å². The Labute approximate surface area is 216 Å². The van der Waals surface area contributed by atoms with Crippen LogP contribution in [0.25, 0.3) is 0 Å². The Balaban J connectivity index is 2.89. The van der Waals surface area contributed by atoms with Gasteiger partial charge in [-0.3, -0.25) is 24.0 Å². The Bertz CT molecular complexity index is 881. The van der Waals surface area contributed by atoms with Crippen LogP contribution in [0.1, 0.15) is 51.0 Å². The van der Waals surface area contributed by atoms with Crippen LogP contribution >= 0.6 is 0 Å². The van der Waals surface area contributed by atoms with Crippen LogP contribution in [0, 0.1) is 0 Å². The van der Waals surface area contributed by atoms with Crippen LogP contribution < -0.4 is 27.4 Å². The van der Waals surface area contributed by atoms with Gasteiger partial charge in [-0.2, -0.15) is 0 Å². The van der Waals surface area contributed by atoms with Crippen molar-refractivity contribution >= 4 is 29.6 Å². The zero-order valence-corrected chi connectivity index (χ0v) is 21.2. The Kier molecular flexibility index (Phi) is 15.2. The van der Waals surface area contributed by atoms with E-state index in [1.807, 2.05) is 0 Å². The molecule has 4 amide bonds. The zero-order valence-electron chi connectivity index (χ0n) is 21.2. The van der Waals surface area contributed by atoms with Crippen LogP contribution in [0.2, 0.25) is 0 Å². The fourth-order valence-corrected chi connectivity index (χ4v) is 3.37. The lowest BCUT2D eigenvalue weighted by molar-refractivity contribution is -0.147. The molecule has 0 aliphatic carbocycles. The third kappa shape index (κ3) is 12.8. The molecule has 37 heavy (non-hydrogen) atoms. The zero-order chi connectivity index (χ0) is 27.6. The molecule has 0 saturated heterocycles. The number of benzene rings is 1. The largest absolute Gasteiger partial charge is 0.463 e. The normalized spacial score (nSPS) is 13.1. The number of aliphatic hydroxyl groups is 1. The molecule has 0 aromatic heterocycles. The third-order valence-electron chi connectivity index (χ3n) is 5.49. The molecule has 0 aliphatic rings. The van der Waals surface area contributed by atoms with Gasteiger partial charge in [0.1, 0.15) is 24.7 Å². The lowest BCUT2D eigenvalue weighted by atomic mass is 10.0. The van der Waals surface area contributed by atoms with Gasteiger partial charge in [0.05, 0.1) is 13.2 Å². The van der Waals surface area contributed by atoms with Crippen molar-refractivity contribution in [2.75, 3.05) is 19.8 Å². The SMILES string of the molecule is CCCCCCCC(=O)OCC(NC(=O)[C@H](CO)NC(=O)CN)C(=O)N[C@@H](Cc1ccccc1)C(N)=O. The number of aliphatic hydroxyl groups excluding tert-OH is 1. The van der Waals surface area contributed by atoms with Gasteiger partial charge >= 0.3 is 5.97 Å². The minimum absolute atomic E-state index is 0.103. The van der Waals surface area contributed by atoms with Crippen molar-refractivity contribution in [2.45, 2.75) is 70.0 Å². The van der Waals surface area contributed by atoms with Crippen molar-refractivity contribution in [1.82, 2.24) is 16.0 Å². The topological polar surface area (TPSA) is 203 Å². The molecule has 12 heteroatoms. The van der Waals surface area contributed by atoms with Crippen molar-refractivity contribution in [3.05, 3.63) is 35.9 Å². The smallest absolute Gasteiger partial charge is 0.305 e. The van der Waals surface area contributed by atoms with E-state index >= 15 is 0 Å². The number of primary amides is 1. The third-order valence-corrected chi connectivity index (χ3v) is 5.49. The lowest BCUT2D eigenvalue weighted by Crippen LogP contribution is -2.59. The number of hydrogen-bond donors (Lipinski definition) is 6. The number of esters is 1. The minimum Gasteiger partial charge on any atom is -0.463 e. The quantitative estimate of drug-likeness (QED) is 0.104. The molecule has 3 atom stereocenters. The van der Waals surface area contributed by atoms with Crippen LogP contribution in [-0.2, 0) is 35.1 Å². The number of ether oxygens (including phenoxy) is 1. The highest BCUT2D eigenvalue weighted by molar-refractivity contribution is 5.94.